The average molecular weight is 485 g/mol. The highest BCUT2D eigenvalue weighted by atomic mass is 32.2. The first-order valence-electron chi connectivity index (χ1n) is 8.40. The number of benzene rings is 2. The molecule has 2 aromatic carbocycles. The molecule has 0 aliphatic rings. The SMILES string of the molecule is CC(O)(C(=O)Nc1ccc(S(=O)(=O)c2ccc(SCCO)c(F)c2)cc1F)C(F)(F)F. The minimum atomic E-state index is -5.33. The number of aliphatic hydroxyl groups is 2. The van der Waals surface area contributed by atoms with Crippen LogP contribution in [-0.2, 0) is 14.6 Å². The summed E-state index contributed by atoms with van der Waals surface area (Å²) in [4.78, 5) is 10.6. The lowest BCUT2D eigenvalue weighted by Gasteiger charge is -2.25. The van der Waals surface area contributed by atoms with Gasteiger partial charge in [-0.2, -0.15) is 13.2 Å². The molecule has 0 heterocycles. The molecule has 6 nitrogen and oxygen atoms in total. The molecular weight excluding hydrogens is 469 g/mol. The van der Waals surface area contributed by atoms with Crippen molar-refractivity contribution in [3.8, 4) is 0 Å². The van der Waals surface area contributed by atoms with Gasteiger partial charge in [0.15, 0.2) is 0 Å². The van der Waals surface area contributed by atoms with Gasteiger partial charge in [-0.15, -0.1) is 11.8 Å². The molecular formula is C18H16F5NO5S2. The zero-order chi connectivity index (χ0) is 23.6. The molecule has 0 fully saturated rings. The van der Waals surface area contributed by atoms with Crippen LogP contribution in [0.2, 0.25) is 0 Å². The first-order chi connectivity index (χ1) is 14.2. The second-order valence-corrected chi connectivity index (χ2v) is 9.42. The van der Waals surface area contributed by atoms with Gasteiger partial charge in [0, 0.05) is 10.6 Å². The summed E-state index contributed by atoms with van der Waals surface area (Å²) in [5, 5.41) is 19.6. The van der Waals surface area contributed by atoms with Gasteiger partial charge in [-0.25, -0.2) is 17.2 Å². The van der Waals surface area contributed by atoms with Crippen LogP contribution >= 0.6 is 11.8 Å². The molecule has 0 aliphatic heterocycles. The largest absolute Gasteiger partial charge is 0.426 e. The number of amides is 1. The van der Waals surface area contributed by atoms with Crippen LogP contribution in [0.5, 0.6) is 0 Å². The number of hydrogen-bond donors (Lipinski definition) is 3. The number of thioether (sulfide) groups is 1. The molecule has 1 atom stereocenters. The normalized spacial score (nSPS) is 14.2. The van der Waals surface area contributed by atoms with Crippen molar-refractivity contribution in [2.24, 2.45) is 0 Å². The van der Waals surface area contributed by atoms with Crippen molar-refractivity contribution in [1.82, 2.24) is 0 Å². The lowest BCUT2D eigenvalue weighted by Crippen LogP contribution is -2.52. The minimum absolute atomic E-state index is 0.0916. The van der Waals surface area contributed by atoms with E-state index in [1.807, 2.05) is 0 Å². The van der Waals surface area contributed by atoms with Gasteiger partial charge in [0.05, 0.1) is 22.1 Å². The van der Waals surface area contributed by atoms with E-state index < -0.39 is 54.6 Å². The molecule has 0 aromatic heterocycles. The number of alkyl halides is 3. The molecule has 170 valence electrons. The Morgan fingerprint density at radius 3 is 2.10 bits per heavy atom. The topological polar surface area (TPSA) is 104 Å². The number of carbonyl (C=O) groups is 1. The molecule has 0 aliphatic carbocycles. The summed E-state index contributed by atoms with van der Waals surface area (Å²) in [5.74, 6) is -4.04. The molecule has 0 radical (unpaired) electrons. The molecule has 2 aromatic rings. The van der Waals surface area contributed by atoms with Crippen LogP contribution < -0.4 is 5.32 Å². The van der Waals surface area contributed by atoms with Crippen LogP contribution in [0.1, 0.15) is 6.92 Å². The van der Waals surface area contributed by atoms with E-state index in [9.17, 15) is 40.3 Å². The van der Waals surface area contributed by atoms with Crippen molar-refractivity contribution < 1.29 is 45.4 Å². The first kappa shape index (κ1) is 25.0. The molecule has 0 saturated carbocycles. The summed E-state index contributed by atoms with van der Waals surface area (Å²) < 4.78 is 91.7. The van der Waals surface area contributed by atoms with Gasteiger partial charge >= 0.3 is 6.18 Å². The molecule has 31 heavy (non-hydrogen) atoms. The van der Waals surface area contributed by atoms with E-state index in [1.54, 1.807) is 5.32 Å². The zero-order valence-electron chi connectivity index (χ0n) is 15.7. The van der Waals surface area contributed by atoms with Gasteiger partial charge in [-0.05, 0) is 43.3 Å². The number of halogens is 5. The highest BCUT2D eigenvalue weighted by Gasteiger charge is 2.55. The van der Waals surface area contributed by atoms with E-state index in [2.05, 4.69) is 0 Å². The summed E-state index contributed by atoms with van der Waals surface area (Å²) in [5.41, 5.74) is -4.60. The molecule has 2 rings (SSSR count). The van der Waals surface area contributed by atoms with E-state index >= 15 is 0 Å². The number of hydrogen-bond acceptors (Lipinski definition) is 6. The van der Waals surface area contributed by atoms with Crippen molar-refractivity contribution in [3.63, 3.8) is 0 Å². The molecule has 0 bridgehead atoms. The Balaban J connectivity index is 2.32. The smallest absolute Gasteiger partial charge is 0.396 e. The van der Waals surface area contributed by atoms with E-state index in [4.69, 9.17) is 5.11 Å². The van der Waals surface area contributed by atoms with Crippen LogP contribution in [0.25, 0.3) is 0 Å². The Morgan fingerprint density at radius 2 is 1.61 bits per heavy atom. The second-order valence-electron chi connectivity index (χ2n) is 6.33. The van der Waals surface area contributed by atoms with Gasteiger partial charge in [-0.1, -0.05) is 0 Å². The van der Waals surface area contributed by atoms with E-state index in [0.717, 1.165) is 23.9 Å². The van der Waals surface area contributed by atoms with Crippen LogP contribution in [0.15, 0.2) is 51.1 Å². The Morgan fingerprint density at radius 1 is 1.06 bits per heavy atom. The maximum atomic E-state index is 14.3. The molecule has 1 unspecified atom stereocenters. The number of nitrogens with one attached hydrogen (secondary N) is 1. The van der Waals surface area contributed by atoms with Crippen molar-refractivity contribution in [2.75, 3.05) is 17.7 Å². The predicted octanol–water partition coefficient (Wildman–Crippen LogP) is 3.13. The van der Waals surface area contributed by atoms with Gasteiger partial charge in [-0.3, -0.25) is 4.79 Å². The summed E-state index contributed by atoms with van der Waals surface area (Å²) in [6.45, 7) is -0.0408. The molecule has 0 saturated heterocycles. The molecule has 0 spiro atoms. The zero-order valence-corrected chi connectivity index (χ0v) is 17.3. The van der Waals surface area contributed by atoms with Gasteiger partial charge < -0.3 is 15.5 Å². The van der Waals surface area contributed by atoms with Crippen molar-refractivity contribution in [3.05, 3.63) is 48.0 Å². The van der Waals surface area contributed by atoms with Gasteiger partial charge in [0.2, 0.25) is 15.4 Å². The fourth-order valence-electron chi connectivity index (χ4n) is 2.19. The van der Waals surface area contributed by atoms with Crippen LogP contribution in [0.3, 0.4) is 0 Å². The summed E-state index contributed by atoms with van der Waals surface area (Å²) >= 11 is 0.955. The lowest BCUT2D eigenvalue weighted by atomic mass is 10.1. The van der Waals surface area contributed by atoms with Crippen molar-refractivity contribution >= 4 is 33.2 Å². The highest BCUT2D eigenvalue weighted by molar-refractivity contribution is 7.99. The van der Waals surface area contributed by atoms with Crippen LogP contribution in [0.4, 0.5) is 27.6 Å². The fraction of sp³-hybridized carbons (Fsp3) is 0.278. The van der Waals surface area contributed by atoms with E-state index in [-0.39, 0.29) is 24.2 Å². The number of anilines is 1. The van der Waals surface area contributed by atoms with Gasteiger partial charge in [0.25, 0.3) is 5.91 Å². The summed E-state index contributed by atoms with van der Waals surface area (Å²) in [6.07, 6.45) is -5.33. The number of sulfone groups is 1. The van der Waals surface area contributed by atoms with Crippen LogP contribution in [0, 0.1) is 11.6 Å². The third-order valence-electron chi connectivity index (χ3n) is 4.06. The van der Waals surface area contributed by atoms with E-state index in [1.165, 1.54) is 6.07 Å². The highest BCUT2D eigenvalue weighted by Crippen LogP contribution is 2.32. The lowest BCUT2D eigenvalue weighted by molar-refractivity contribution is -0.242. The summed E-state index contributed by atoms with van der Waals surface area (Å²) in [6, 6.07) is 4.92. The molecule has 1 amide bonds. The monoisotopic (exact) mass is 485 g/mol. The third kappa shape index (κ3) is 5.34. The predicted molar refractivity (Wildman–Crippen MR) is 101 cm³/mol. The van der Waals surface area contributed by atoms with E-state index in [0.29, 0.717) is 18.2 Å². The minimum Gasteiger partial charge on any atom is -0.396 e. The Hall–Kier alpha value is -2.22. The number of rotatable bonds is 7. The van der Waals surface area contributed by atoms with Crippen molar-refractivity contribution in [1.29, 1.82) is 0 Å². The van der Waals surface area contributed by atoms with Gasteiger partial charge in [0.1, 0.15) is 11.6 Å². The van der Waals surface area contributed by atoms with Crippen LogP contribution in [-0.4, -0.2) is 48.7 Å². The average Bonchev–Trinajstić information content (AvgIpc) is 2.67. The first-order valence-corrected chi connectivity index (χ1v) is 10.9. The van der Waals surface area contributed by atoms with Crippen molar-refractivity contribution in [2.45, 2.75) is 33.4 Å². The Kier molecular flexibility index (Phi) is 7.35. The maximum Gasteiger partial charge on any atom is 0.426 e. The standard InChI is InChI=1S/C18H16F5NO5S2/c1-17(27,18(21,22)23)16(26)24-14-4-2-10(8-12(14)19)31(28,29)11-3-5-15(13(20)9-11)30-7-6-25/h2-5,8-9,25,27H,6-7H2,1H3,(H,24,26). The summed E-state index contributed by atoms with van der Waals surface area (Å²) in [7, 11) is -4.40. The Bertz CT molecular complexity index is 1090. The second kappa shape index (κ2) is 9.10. The number of carbonyl (C=O) groups excluding carboxylic acids is 1. The quantitative estimate of drug-likeness (QED) is 0.411. The fourth-order valence-corrected chi connectivity index (χ4v) is 4.15. The Labute approximate surface area is 178 Å². The molecule has 3 N–H and O–H groups in total. The third-order valence-corrected chi connectivity index (χ3v) is 6.83. The number of aliphatic hydroxyl groups excluding tert-OH is 1. The molecule has 13 heteroatoms. The maximum absolute atomic E-state index is 14.3.